The fourth-order valence-corrected chi connectivity index (χ4v) is 5.64. The average Bonchev–Trinajstić information content (AvgIpc) is 2.86. The lowest BCUT2D eigenvalue weighted by Gasteiger charge is -2.31. The van der Waals surface area contributed by atoms with Crippen LogP contribution in [0.4, 0.5) is 0 Å². The van der Waals surface area contributed by atoms with Crippen LogP contribution in [-0.4, -0.2) is 82.6 Å². The third kappa shape index (κ3) is 6.55. The van der Waals surface area contributed by atoms with Crippen LogP contribution < -0.4 is 4.74 Å². The molecule has 2 aliphatic rings. The summed E-state index contributed by atoms with van der Waals surface area (Å²) in [7, 11) is -0.629. The number of nitrogens with zero attached hydrogens (tertiary/aromatic N) is 2. The van der Waals surface area contributed by atoms with Gasteiger partial charge < -0.3 is 19.1 Å². The molecule has 10 heteroatoms. The van der Waals surface area contributed by atoms with E-state index in [0.29, 0.717) is 18.8 Å². The molecule has 0 atom stereocenters. The minimum atomic E-state index is -3.78. The zero-order chi connectivity index (χ0) is 23.8. The number of carbonyl (C=O) groups excluding carboxylic acids is 2. The third-order valence-corrected chi connectivity index (χ3v) is 7.96. The molecule has 1 saturated carbocycles. The maximum absolute atomic E-state index is 13.1. The van der Waals surface area contributed by atoms with Gasteiger partial charge in [-0.3, -0.25) is 4.79 Å². The summed E-state index contributed by atoms with van der Waals surface area (Å²) >= 11 is 0. The van der Waals surface area contributed by atoms with Gasteiger partial charge in [0.1, 0.15) is 10.6 Å². The van der Waals surface area contributed by atoms with Crippen LogP contribution in [-0.2, 0) is 29.1 Å². The van der Waals surface area contributed by atoms with Crippen molar-refractivity contribution in [2.75, 3.05) is 47.1 Å². The van der Waals surface area contributed by atoms with E-state index in [1.807, 2.05) is 0 Å². The second-order valence-electron chi connectivity index (χ2n) is 8.16. The molecule has 2 fully saturated rings. The molecule has 1 aromatic carbocycles. The molecule has 1 aromatic rings. The largest absolute Gasteiger partial charge is 0.495 e. The first kappa shape index (κ1) is 25.2. The number of amides is 1. The van der Waals surface area contributed by atoms with Crippen molar-refractivity contribution in [3.8, 4) is 5.75 Å². The van der Waals surface area contributed by atoms with E-state index in [0.717, 1.165) is 25.7 Å². The first-order valence-electron chi connectivity index (χ1n) is 11.2. The highest BCUT2D eigenvalue weighted by Crippen LogP contribution is 2.29. The monoisotopic (exact) mass is 480 g/mol. The van der Waals surface area contributed by atoms with Crippen LogP contribution >= 0.6 is 0 Å². The number of morpholine rings is 1. The smallest absolute Gasteiger partial charge is 0.331 e. The van der Waals surface area contributed by atoms with Gasteiger partial charge in [-0.25, -0.2) is 13.2 Å². The first-order valence-corrected chi connectivity index (χ1v) is 12.6. The minimum Gasteiger partial charge on any atom is -0.495 e. The Bertz CT molecular complexity index is 965. The summed E-state index contributed by atoms with van der Waals surface area (Å²) in [5.74, 6) is -0.682. The van der Waals surface area contributed by atoms with Crippen LogP contribution in [0.2, 0.25) is 0 Å². The molecule has 9 nitrogen and oxygen atoms in total. The normalized spacial score (nSPS) is 18.2. The summed E-state index contributed by atoms with van der Waals surface area (Å²) < 4.78 is 43.1. The van der Waals surface area contributed by atoms with E-state index in [1.165, 1.54) is 36.1 Å². The van der Waals surface area contributed by atoms with Crippen LogP contribution in [0.25, 0.3) is 6.08 Å². The zero-order valence-electron chi connectivity index (χ0n) is 19.2. The Hall–Kier alpha value is -2.43. The van der Waals surface area contributed by atoms with Gasteiger partial charge in [-0.2, -0.15) is 4.31 Å². The molecule has 1 aliphatic heterocycles. The van der Waals surface area contributed by atoms with Crippen molar-refractivity contribution in [3.05, 3.63) is 29.8 Å². The lowest BCUT2D eigenvalue weighted by atomic mass is 9.94. The maximum atomic E-state index is 13.1. The lowest BCUT2D eigenvalue weighted by Crippen LogP contribution is -2.40. The highest BCUT2D eigenvalue weighted by atomic mass is 32.2. The van der Waals surface area contributed by atoms with E-state index in [-0.39, 0.29) is 42.3 Å². The third-order valence-electron chi connectivity index (χ3n) is 6.04. The summed E-state index contributed by atoms with van der Waals surface area (Å²) in [5, 5.41) is 0. The quantitative estimate of drug-likeness (QED) is 0.415. The van der Waals surface area contributed by atoms with Crippen molar-refractivity contribution >= 4 is 28.0 Å². The van der Waals surface area contributed by atoms with Crippen LogP contribution in [0.1, 0.15) is 37.7 Å². The van der Waals surface area contributed by atoms with Crippen LogP contribution in [0.5, 0.6) is 5.75 Å². The van der Waals surface area contributed by atoms with Crippen molar-refractivity contribution in [3.63, 3.8) is 0 Å². The molecular weight excluding hydrogens is 448 g/mol. The Morgan fingerprint density at radius 1 is 1.18 bits per heavy atom. The molecule has 0 spiro atoms. The fraction of sp³-hybridized carbons (Fsp3) is 0.565. The Morgan fingerprint density at radius 2 is 1.88 bits per heavy atom. The van der Waals surface area contributed by atoms with Gasteiger partial charge in [-0.15, -0.1) is 0 Å². The predicted molar refractivity (Wildman–Crippen MR) is 122 cm³/mol. The molecule has 0 N–H and O–H groups in total. The van der Waals surface area contributed by atoms with E-state index in [1.54, 1.807) is 24.1 Å². The number of benzene rings is 1. The van der Waals surface area contributed by atoms with E-state index >= 15 is 0 Å². The van der Waals surface area contributed by atoms with Gasteiger partial charge in [0.15, 0.2) is 6.61 Å². The lowest BCUT2D eigenvalue weighted by molar-refractivity contribution is -0.148. The molecule has 182 valence electrons. The number of hydrogen-bond donors (Lipinski definition) is 0. The highest BCUT2D eigenvalue weighted by molar-refractivity contribution is 7.89. The van der Waals surface area contributed by atoms with E-state index in [9.17, 15) is 18.0 Å². The summed E-state index contributed by atoms with van der Waals surface area (Å²) in [5.41, 5.74) is 0.491. The zero-order valence-corrected chi connectivity index (χ0v) is 20.0. The van der Waals surface area contributed by atoms with Gasteiger partial charge in [0.05, 0.1) is 20.3 Å². The molecule has 0 unspecified atom stereocenters. The number of hydrogen-bond acceptors (Lipinski definition) is 7. The fourth-order valence-electron chi connectivity index (χ4n) is 4.04. The van der Waals surface area contributed by atoms with E-state index in [2.05, 4.69) is 0 Å². The Kier molecular flexibility index (Phi) is 8.87. The number of esters is 1. The second kappa shape index (κ2) is 11.6. The number of rotatable bonds is 8. The summed E-state index contributed by atoms with van der Waals surface area (Å²) in [6.07, 6.45) is 7.99. The van der Waals surface area contributed by atoms with Crippen molar-refractivity contribution in [2.45, 2.75) is 43.0 Å². The average molecular weight is 481 g/mol. The number of ether oxygens (including phenoxy) is 3. The van der Waals surface area contributed by atoms with Crippen molar-refractivity contribution < 1.29 is 32.2 Å². The topological polar surface area (TPSA) is 102 Å². The van der Waals surface area contributed by atoms with Crippen molar-refractivity contribution in [1.82, 2.24) is 9.21 Å². The number of likely N-dealkylation sites (N-methyl/N-ethyl adjacent to an activating group) is 1. The minimum absolute atomic E-state index is 0.0201. The van der Waals surface area contributed by atoms with Crippen LogP contribution in [0.3, 0.4) is 0 Å². The van der Waals surface area contributed by atoms with Crippen LogP contribution in [0.15, 0.2) is 29.2 Å². The summed E-state index contributed by atoms with van der Waals surface area (Å²) in [6, 6.07) is 4.84. The molecule has 33 heavy (non-hydrogen) atoms. The van der Waals surface area contributed by atoms with Crippen molar-refractivity contribution in [1.29, 1.82) is 0 Å². The number of methoxy groups -OCH3 is 1. The van der Waals surface area contributed by atoms with Gasteiger partial charge in [-0.1, -0.05) is 25.3 Å². The summed E-state index contributed by atoms with van der Waals surface area (Å²) in [4.78, 5) is 26.1. The van der Waals surface area contributed by atoms with E-state index < -0.39 is 16.0 Å². The SMILES string of the molecule is COc1ccc(/C=C/C(=O)OCC(=O)N(C)C2CCCCC2)cc1S(=O)(=O)N1CCOCC1. The highest BCUT2D eigenvalue weighted by Gasteiger charge is 2.29. The molecule has 0 bridgehead atoms. The molecule has 0 radical (unpaired) electrons. The first-order chi connectivity index (χ1) is 15.8. The Balaban J connectivity index is 1.62. The predicted octanol–water partition coefficient (Wildman–Crippen LogP) is 2.06. The number of sulfonamides is 1. The van der Waals surface area contributed by atoms with Gasteiger partial charge in [0.2, 0.25) is 10.0 Å². The Morgan fingerprint density at radius 3 is 2.55 bits per heavy atom. The molecule has 1 heterocycles. The standard InChI is InChI=1S/C23H32N2O7S/c1-24(19-6-4-3-5-7-19)22(26)17-32-23(27)11-9-18-8-10-20(30-2)21(16-18)33(28,29)25-12-14-31-15-13-25/h8-11,16,19H,3-7,12-15,17H2,1-2H3/b11-9+. The Labute approximate surface area is 195 Å². The molecule has 0 aromatic heterocycles. The molecule has 3 rings (SSSR count). The van der Waals surface area contributed by atoms with Gasteiger partial charge >= 0.3 is 5.97 Å². The van der Waals surface area contributed by atoms with Gasteiger partial charge in [0, 0.05) is 32.3 Å². The molecular formula is C23H32N2O7S. The molecule has 1 amide bonds. The van der Waals surface area contributed by atoms with Crippen molar-refractivity contribution in [2.24, 2.45) is 0 Å². The molecule has 1 saturated heterocycles. The summed E-state index contributed by atoms with van der Waals surface area (Å²) in [6.45, 7) is 0.876. The maximum Gasteiger partial charge on any atom is 0.331 e. The van der Waals surface area contributed by atoms with Gasteiger partial charge in [-0.05, 0) is 36.6 Å². The van der Waals surface area contributed by atoms with Gasteiger partial charge in [0.25, 0.3) is 5.91 Å². The number of carbonyl (C=O) groups is 2. The van der Waals surface area contributed by atoms with E-state index in [4.69, 9.17) is 14.2 Å². The second-order valence-corrected chi connectivity index (χ2v) is 10.1. The molecule has 1 aliphatic carbocycles. The van der Waals surface area contributed by atoms with Crippen LogP contribution in [0, 0.1) is 0 Å².